The van der Waals surface area contributed by atoms with Crippen LogP contribution >= 0.6 is 15.9 Å². The van der Waals surface area contributed by atoms with Crippen molar-refractivity contribution in [3.63, 3.8) is 0 Å². The van der Waals surface area contributed by atoms with Gasteiger partial charge < -0.3 is 0 Å². The molecule has 12 heavy (non-hydrogen) atoms. The highest BCUT2D eigenvalue weighted by Gasteiger charge is 2.38. The largest absolute Gasteiger partial charge is 0.474 e. The molecule has 0 spiro atoms. The Balaban J connectivity index is 4.24. The first kappa shape index (κ1) is 12.1. The fraction of sp³-hybridized carbons (Fsp3) is 0.800. The third-order valence-corrected chi connectivity index (χ3v) is 3.05. The molecular weight excluding hydrogens is 259 g/mol. The Morgan fingerprint density at radius 2 is 2.08 bits per heavy atom. The maximum Gasteiger partial charge on any atom is 0.474 e. The zero-order valence-electron chi connectivity index (χ0n) is 6.19. The molecule has 0 bridgehead atoms. The lowest BCUT2D eigenvalue weighted by Crippen LogP contribution is -2.21. The lowest BCUT2D eigenvalue weighted by atomic mass is 10.6. The minimum atomic E-state index is -4.83. The minimum Gasteiger partial charge on any atom is -0.261 e. The quantitative estimate of drug-likeness (QED) is 0.702. The van der Waals surface area contributed by atoms with Gasteiger partial charge in [-0.15, -0.1) is 0 Å². The van der Waals surface area contributed by atoms with Crippen LogP contribution in [0.4, 0.5) is 13.2 Å². The molecule has 0 N–H and O–H groups in total. The summed E-state index contributed by atoms with van der Waals surface area (Å²) in [6, 6.07) is 0. The SMILES string of the molecule is CS(CCBr)=NC(=O)C(F)(F)F. The molecule has 0 aromatic carbocycles. The van der Waals surface area contributed by atoms with E-state index in [2.05, 4.69) is 20.3 Å². The van der Waals surface area contributed by atoms with Gasteiger partial charge in [-0.05, 0) is 6.26 Å². The monoisotopic (exact) mass is 265 g/mol. The highest BCUT2D eigenvalue weighted by Crippen LogP contribution is 2.16. The zero-order chi connectivity index (χ0) is 9.78. The van der Waals surface area contributed by atoms with Crippen molar-refractivity contribution in [2.75, 3.05) is 17.3 Å². The summed E-state index contributed by atoms with van der Waals surface area (Å²) in [4.78, 5) is 10.2. The van der Waals surface area contributed by atoms with Crippen LogP contribution in [0.2, 0.25) is 0 Å². The van der Waals surface area contributed by atoms with Crippen LogP contribution < -0.4 is 0 Å². The van der Waals surface area contributed by atoms with Crippen molar-refractivity contribution in [2.24, 2.45) is 4.36 Å². The lowest BCUT2D eigenvalue weighted by molar-refractivity contribution is -0.169. The van der Waals surface area contributed by atoms with Crippen molar-refractivity contribution in [1.29, 1.82) is 0 Å². The molecule has 0 aromatic rings. The molecule has 0 radical (unpaired) electrons. The summed E-state index contributed by atoms with van der Waals surface area (Å²) in [6.07, 6.45) is -3.33. The van der Waals surface area contributed by atoms with Gasteiger partial charge in [0.1, 0.15) is 0 Å². The summed E-state index contributed by atoms with van der Waals surface area (Å²) in [6.45, 7) is 0. The number of carbonyl (C=O) groups excluding carboxylic acids is 1. The number of rotatable bonds is 2. The van der Waals surface area contributed by atoms with Crippen molar-refractivity contribution in [1.82, 2.24) is 0 Å². The third kappa shape index (κ3) is 4.87. The number of amides is 1. The standard InChI is InChI=1S/C5H7BrF3NOS/c1-12(3-2-6)10-4(11)5(7,8)9/h2-3H2,1H3. The molecule has 1 atom stereocenters. The molecule has 0 aliphatic heterocycles. The number of nitrogens with zero attached hydrogens (tertiary/aromatic N) is 1. The van der Waals surface area contributed by atoms with Gasteiger partial charge in [0.05, 0.1) is 0 Å². The summed E-state index contributed by atoms with van der Waals surface area (Å²) in [5.41, 5.74) is 0. The molecule has 7 heteroatoms. The Labute approximate surface area is 78.8 Å². The summed E-state index contributed by atoms with van der Waals surface area (Å²) < 4.78 is 37.8. The number of carbonyl (C=O) groups is 1. The van der Waals surface area contributed by atoms with E-state index in [1.54, 1.807) is 0 Å². The van der Waals surface area contributed by atoms with Gasteiger partial charge in [0.25, 0.3) is 0 Å². The molecule has 1 unspecified atom stereocenters. The zero-order valence-corrected chi connectivity index (χ0v) is 8.59. The summed E-state index contributed by atoms with van der Waals surface area (Å²) in [5, 5.41) is 0.543. The first-order valence-electron chi connectivity index (χ1n) is 2.89. The van der Waals surface area contributed by atoms with Crippen molar-refractivity contribution in [2.45, 2.75) is 6.18 Å². The second-order valence-corrected chi connectivity index (χ2v) is 4.47. The molecular formula is C5H7BrF3NOS. The average molecular weight is 266 g/mol. The summed E-state index contributed by atoms with van der Waals surface area (Å²) >= 11 is 3.04. The van der Waals surface area contributed by atoms with Gasteiger partial charge in [0, 0.05) is 11.1 Å². The second kappa shape index (κ2) is 4.96. The van der Waals surface area contributed by atoms with Crippen molar-refractivity contribution >= 4 is 32.5 Å². The van der Waals surface area contributed by atoms with E-state index in [1.165, 1.54) is 6.26 Å². The van der Waals surface area contributed by atoms with E-state index in [-0.39, 0.29) is 0 Å². The van der Waals surface area contributed by atoms with E-state index < -0.39 is 22.8 Å². The van der Waals surface area contributed by atoms with Crippen molar-refractivity contribution in [3.8, 4) is 0 Å². The van der Waals surface area contributed by atoms with Gasteiger partial charge in [-0.1, -0.05) is 26.6 Å². The van der Waals surface area contributed by atoms with Crippen molar-refractivity contribution in [3.05, 3.63) is 0 Å². The molecule has 2 nitrogen and oxygen atoms in total. The Morgan fingerprint density at radius 3 is 2.42 bits per heavy atom. The van der Waals surface area contributed by atoms with E-state index in [4.69, 9.17) is 0 Å². The maximum atomic E-state index is 11.6. The Morgan fingerprint density at radius 1 is 1.58 bits per heavy atom. The normalized spacial score (nSPS) is 14.8. The van der Waals surface area contributed by atoms with Crippen LogP contribution in [-0.4, -0.2) is 29.4 Å². The third-order valence-electron chi connectivity index (χ3n) is 0.854. The molecule has 1 amide bonds. The Bertz CT molecular complexity index is 203. The second-order valence-electron chi connectivity index (χ2n) is 1.89. The fourth-order valence-corrected chi connectivity index (χ4v) is 2.46. The number of halogens is 4. The molecule has 72 valence electrons. The molecule has 0 aliphatic carbocycles. The van der Waals surface area contributed by atoms with Crippen LogP contribution in [0.5, 0.6) is 0 Å². The van der Waals surface area contributed by atoms with Crippen LogP contribution in [0.1, 0.15) is 0 Å². The molecule has 0 saturated carbocycles. The van der Waals surface area contributed by atoms with Gasteiger partial charge in [-0.25, -0.2) is 0 Å². The number of alkyl halides is 4. The highest BCUT2D eigenvalue weighted by molar-refractivity contribution is 9.09. The Hall–Kier alpha value is 0.0900. The smallest absolute Gasteiger partial charge is 0.261 e. The molecule has 0 heterocycles. The molecule has 0 rings (SSSR count). The predicted molar refractivity (Wildman–Crippen MR) is 45.4 cm³/mol. The number of hydrogen-bond acceptors (Lipinski definition) is 1. The van der Waals surface area contributed by atoms with Gasteiger partial charge in [-0.3, -0.25) is 4.79 Å². The Kier molecular flexibility index (Phi) is 5.00. The first-order chi connectivity index (χ1) is 5.38. The van der Waals surface area contributed by atoms with Gasteiger partial charge in [0.2, 0.25) is 0 Å². The van der Waals surface area contributed by atoms with Crippen LogP contribution in [0.25, 0.3) is 0 Å². The fourth-order valence-electron chi connectivity index (χ4n) is 0.351. The summed E-state index contributed by atoms with van der Waals surface area (Å²) in [5.74, 6) is -1.55. The van der Waals surface area contributed by atoms with E-state index in [0.29, 0.717) is 11.1 Å². The maximum absolute atomic E-state index is 11.6. The van der Waals surface area contributed by atoms with E-state index in [1.807, 2.05) is 0 Å². The topological polar surface area (TPSA) is 29.4 Å². The van der Waals surface area contributed by atoms with Crippen LogP contribution in [0, 0.1) is 0 Å². The number of hydrogen-bond donors (Lipinski definition) is 0. The van der Waals surface area contributed by atoms with Gasteiger partial charge in [-0.2, -0.15) is 17.5 Å². The predicted octanol–water partition coefficient (Wildman–Crippen LogP) is 1.90. The molecule has 0 saturated heterocycles. The van der Waals surface area contributed by atoms with E-state index in [9.17, 15) is 18.0 Å². The van der Waals surface area contributed by atoms with Crippen LogP contribution in [-0.2, 0) is 15.5 Å². The van der Waals surface area contributed by atoms with E-state index in [0.717, 1.165) is 0 Å². The first-order valence-corrected chi connectivity index (χ1v) is 5.77. The molecule has 0 aromatic heterocycles. The summed E-state index contributed by atoms with van der Waals surface area (Å²) in [7, 11) is -0.838. The van der Waals surface area contributed by atoms with E-state index >= 15 is 0 Å². The molecule has 0 fully saturated rings. The van der Waals surface area contributed by atoms with Crippen LogP contribution in [0.15, 0.2) is 4.36 Å². The minimum absolute atomic E-state index is 0.446. The molecule has 0 aliphatic rings. The lowest BCUT2D eigenvalue weighted by Gasteiger charge is -2.01. The van der Waals surface area contributed by atoms with Gasteiger partial charge >= 0.3 is 12.1 Å². The van der Waals surface area contributed by atoms with Gasteiger partial charge in [0.15, 0.2) is 0 Å². The van der Waals surface area contributed by atoms with Crippen LogP contribution in [0.3, 0.4) is 0 Å². The highest BCUT2D eigenvalue weighted by atomic mass is 79.9. The van der Waals surface area contributed by atoms with Crippen molar-refractivity contribution < 1.29 is 18.0 Å². The average Bonchev–Trinajstić information content (AvgIpc) is 1.85.